The fraction of sp³-hybridized carbons (Fsp3) is 0.409. The normalized spacial score (nSPS) is 16.2. The van der Waals surface area contributed by atoms with Crippen LogP contribution in [0.4, 0.5) is 15.8 Å². The van der Waals surface area contributed by atoms with E-state index in [1.54, 1.807) is 0 Å². The van der Waals surface area contributed by atoms with E-state index in [0.29, 0.717) is 12.5 Å². The second kappa shape index (κ2) is 9.00. The van der Waals surface area contributed by atoms with Crippen LogP contribution < -0.4 is 15.1 Å². The highest BCUT2D eigenvalue weighted by Gasteiger charge is 2.23. The Kier molecular flexibility index (Phi) is 6.45. The van der Waals surface area contributed by atoms with Crippen molar-refractivity contribution < 1.29 is 14.1 Å². The summed E-state index contributed by atoms with van der Waals surface area (Å²) in [4.78, 5) is 16.1. The number of amides is 1. The van der Waals surface area contributed by atoms with Crippen molar-refractivity contribution in [2.45, 2.75) is 26.2 Å². The molecule has 27 heavy (non-hydrogen) atoms. The lowest BCUT2D eigenvalue weighted by Crippen LogP contribution is -3.15. The molecule has 1 amide bonds. The standard InChI is InChI=1S/C22H28FN3O/c1-3-17(2)20-6-4-5-7-21(20)24-22(27)16-25-12-14-26(15-13-25)19-10-8-18(23)9-11-19/h4-11,17H,3,12-16H2,1-2H3,(H,24,27)/p+1/t17-/m0/s1. The van der Waals surface area contributed by atoms with Gasteiger partial charge in [0.05, 0.1) is 26.2 Å². The van der Waals surface area contributed by atoms with E-state index in [1.165, 1.54) is 22.6 Å². The zero-order valence-electron chi connectivity index (χ0n) is 16.2. The first-order valence-electron chi connectivity index (χ1n) is 9.79. The van der Waals surface area contributed by atoms with Gasteiger partial charge in [0, 0.05) is 11.4 Å². The lowest BCUT2D eigenvalue weighted by Gasteiger charge is -2.33. The number of hydrogen-bond acceptors (Lipinski definition) is 2. The monoisotopic (exact) mass is 370 g/mol. The van der Waals surface area contributed by atoms with Crippen molar-refractivity contribution in [3.63, 3.8) is 0 Å². The summed E-state index contributed by atoms with van der Waals surface area (Å²) in [7, 11) is 0. The van der Waals surface area contributed by atoms with Gasteiger partial charge in [-0.25, -0.2) is 4.39 Å². The first-order chi connectivity index (χ1) is 13.1. The molecule has 2 N–H and O–H groups in total. The van der Waals surface area contributed by atoms with Crippen LogP contribution in [-0.2, 0) is 4.79 Å². The molecule has 0 spiro atoms. The number of carbonyl (C=O) groups excluding carboxylic acids is 1. The molecular formula is C22H29FN3O+. The fourth-order valence-electron chi connectivity index (χ4n) is 3.59. The molecule has 1 heterocycles. The Balaban J connectivity index is 1.52. The van der Waals surface area contributed by atoms with Gasteiger partial charge in [-0.3, -0.25) is 4.79 Å². The summed E-state index contributed by atoms with van der Waals surface area (Å²) in [6, 6.07) is 14.7. The molecule has 0 aliphatic carbocycles. The Labute approximate surface area is 161 Å². The summed E-state index contributed by atoms with van der Waals surface area (Å²) < 4.78 is 13.1. The number of halogens is 1. The number of para-hydroxylation sites is 1. The Bertz CT molecular complexity index is 754. The smallest absolute Gasteiger partial charge is 0.279 e. The highest BCUT2D eigenvalue weighted by molar-refractivity contribution is 5.92. The van der Waals surface area contributed by atoms with Gasteiger partial charge < -0.3 is 15.1 Å². The van der Waals surface area contributed by atoms with Crippen LogP contribution in [0.1, 0.15) is 31.7 Å². The van der Waals surface area contributed by atoms with E-state index < -0.39 is 0 Å². The van der Waals surface area contributed by atoms with Crippen LogP contribution in [0.5, 0.6) is 0 Å². The summed E-state index contributed by atoms with van der Waals surface area (Å²) in [6.45, 7) is 8.37. The molecule has 0 radical (unpaired) electrons. The number of piperazine rings is 1. The largest absolute Gasteiger partial charge is 0.360 e. The van der Waals surface area contributed by atoms with Crippen LogP contribution in [0.25, 0.3) is 0 Å². The molecule has 2 aromatic carbocycles. The number of quaternary nitrogens is 1. The van der Waals surface area contributed by atoms with Crippen molar-refractivity contribution in [2.75, 3.05) is 42.9 Å². The molecule has 0 unspecified atom stereocenters. The van der Waals surface area contributed by atoms with Crippen LogP contribution in [-0.4, -0.2) is 38.6 Å². The van der Waals surface area contributed by atoms with Crippen LogP contribution in [0, 0.1) is 5.82 Å². The van der Waals surface area contributed by atoms with Crippen molar-refractivity contribution in [3.8, 4) is 0 Å². The minimum atomic E-state index is -0.211. The summed E-state index contributed by atoms with van der Waals surface area (Å²) in [6.07, 6.45) is 1.05. The van der Waals surface area contributed by atoms with Gasteiger partial charge >= 0.3 is 0 Å². The number of nitrogens with one attached hydrogen (secondary N) is 2. The number of carbonyl (C=O) groups is 1. The van der Waals surface area contributed by atoms with Crippen LogP contribution in [0.15, 0.2) is 48.5 Å². The lowest BCUT2D eigenvalue weighted by molar-refractivity contribution is -0.892. The lowest BCUT2D eigenvalue weighted by atomic mass is 9.97. The molecule has 1 aliphatic heterocycles. The van der Waals surface area contributed by atoms with Gasteiger partial charge in [0.1, 0.15) is 5.82 Å². The highest BCUT2D eigenvalue weighted by atomic mass is 19.1. The van der Waals surface area contributed by atoms with E-state index in [0.717, 1.165) is 44.0 Å². The van der Waals surface area contributed by atoms with Gasteiger partial charge in [-0.2, -0.15) is 0 Å². The molecule has 1 fully saturated rings. The van der Waals surface area contributed by atoms with Crippen molar-refractivity contribution in [1.82, 2.24) is 0 Å². The molecule has 1 aliphatic rings. The van der Waals surface area contributed by atoms with E-state index in [9.17, 15) is 9.18 Å². The minimum absolute atomic E-state index is 0.0657. The molecule has 1 atom stereocenters. The van der Waals surface area contributed by atoms with Gasteiger partial charge in [0.25, 0.3) is 5.91 Å². The zero-order valence-corrected chi connectivity index (χ0v) is 16.2. The summed E-state index contributed by atoms with van der Waals surface area (Å²) in [5, 5.41) is 3.11. The molecule has 4 nitrogen and oxygen atoms in total. The first kappa shape index (κ1) is 19.4. The fourth-order valence-corrected chi connectivity index (χ4v) is 3.59. The SMILES string of the molecule is CC[C@H](C)c1ccccc1NC(=O)C[NH+]1CCN(c2ccc(F)cc2)CC1. The van der Waals surface area contributed by atoms with E-state index in [4.69, 9.17) is 0 Å². The van der Waals surface area contributed by atoms with Crippen molar-refractivity contribution in [3.05, 3.63) is 59.9 Å². The number of benzene rings is 2. The molecule has 144 valence electrons. The molecule has 0 bridgehead atoms. The topological polar surface area (TPSA) is 36.8 Å². The molecule has 3 rings (SSSR count). The molecule has 0 aromatic heterocycles. The molecular weight excluding hydrogens is 341 g/mol. The predicted octanol–water partition coefficient (Wildman–Crippen LogP) is 2.68. The number of rotatable bonds is 6. The van der Waals surface area contributed by atoms with E-state index in [-0.39, 0.29) is 11.7 Å². The maximum Gasteiger partial charge on any atom is 0.279 e. The third-order valence-electron chi connectivity index (χ3n) is 5.45. The Morgan fingerprint density at radius 2 is 1.81 bits per heavy atom. The minimum Gasteiger partial charge on any atom is -0.360 e. The predicted molar refractivity (Wildman–Crippen MR) is 108 cm³/mol. The Morgan fingerprint density at radius 1 is 1.15 bits per heavy atom. The van der Waals surface area contributed by atoms with Crippen molar-refractivity contribution in [1.29, 1.82) is 0 Å². The molecule has 1 saturated heterocycles. The van der Waals surface area contributed by atoms with E-state index in [1.807, 2.05) is 30.3 Å². The van der Waals surface area contributed by atoms with Gasteiger partial charge in [0.2, 0.25) is 0 Å². The summed E-state index contributed by atoms with van der Waals surface area (Å²) in [5.74, 6) is 0.279. The second-order valence-corrected chi connectivity index (χ2v) is 7.33. The maximum atomic E-state index is 13.1. The average Bonchev–Trinajstić information content (AvgIpc) is 2.69. The molecule has 2 aromatic rings. The summed E-state index contributed by atoms with van der Waals surface area (Å²) >= 11 is 0. The van der Waals surface area contributed by atoms with Crippen molar-refractivity contribution in [2.24, 2.45) is 0 Å². The number of nitrogens with zero attached hydrogens (tertiary/aromatic N) is 1. The second-order valence-electron chi connectivity index (χ2n) is 7.33. The van der Waals surface area contributed by atoms with E-state index in [2.05, 4.69) is 30.1 Å². The van der Waals surface area contributed by atoms with Gasteiger partial charge in [-0.15, -0.1) is 0 Å². The van der Waals surface area contributed by atoms with Gasteiger partial charge in [0.15, 0.2) is 6.54 Å². The summed E-state index contributed by atoms with van der Waals surface area (Å²) in [5.41, 5.74) is 3.17. The van der Waals surface area contributed by atoms with Crippen molar-refractivity contribution >= 4 is 17.3 Å². The van der Waals surface area contributed by atoms with Gasteiger partial charge in [-0.05, 0) is 48.2 Å². The van der Waals surface area contributed by atoms with Crippen LogP contribution in [0.3, 0.4) is 0 Å². The average molecular weight is 370 g/mol. The van der Waals surface area contributed by atoms with Crippen LogP contribution in [0.2, 0.25) is 0 Å². The maximum absolute atomic E-state index is 13.1. The van der Waals surface area contributed by atoms with E-state index >= 15 is 0 Å². The third-order valence-corrected chi connectivity index (χ3v) is 5.45. The van der Waals surface area contributed by atoms with Gasteiger partial charge in [-0.1, -0.05) is 32.0 Å². The molecule has 5 heteroatoms. The quantitative estimate of drug-likeness (QED) is 0.820. The number of hydrogen-bond donors (Lipinski definition) is 2. The highest BCUT2D eigenvalue weighted by Crippen LogP contribution is 2.26. The third kappa shape index (κ3) is 5.07. The molecule has 0 saturated carbocycles. The Hall–Kier alpha value is -2.40. The Morgan fingerprint density at radius 3 is 2.48 bits per heavy atom. The van der Waals surface area contributed by atoms with Crippen LogP contribution >= 0.6 is 0 Å². The first-order valence-corrected chi connectivity index (χ1v) is 9.79. The zero-order chi connectivity index (χ0) is 19.2. The number of anilines is 2.